The summed E-state index contributed by atoms with van der Waals surface area (Å²) >= 11 is 0. The van der Waals surface area contributed by atoms with Gasteiger partial charge in [0.05, 0.1) is 11.8 Å². The van der Waals surface area contributed by atoms with Crippen LogP contribution in [0.5, 0.6) is 0 Å². The second-order valence-electron chi connectivity index (χ2n) is 5.50. The summed E-state index contributed by atoms with van der Waals surface area (Å²) in [6.45, 7) is 7.98. The fourth-order valence-corrected chi connectivity index (χ4v) is 3.05. The topological polar surface area (TPSA) is 69.6 Å². The lowest BCUT2D eigenvalue weighted by Crippen LogP contribution is -2.49. The van der Waals surface area contributed by atoms with E-state index in [9.17, 15) is 9.59 Å². The van der Waals surface area contributed by atoms with E-state index in [0.717, 1.165) is 32.4 Å². The molecule has 19 heavy (non-hydrogen) atoms. The number of amides is 1. The summed E-state index contributed by atoms with van der Waals surface area (Å²) in [5.41, 5.74) is -0.322. The summed E-state index contributed by atoms with van der Waals surface area (Å²) in [7, 11) is 0. The maximum absolute atomic E-state index is 12.8. The Bertz CT molecular complexity index is 325. The van der Waals surface area contributed by atoms with Crippen LogP contribution >= 0.6 is 0 Å². The van der Waals surface area contributed by atoms with Crippen molar-refractivity contribution in [3.05, 3.63) is 0 Å². The van der Waals surface area contributed by atoms with E-state index in [2.05, 4.69) is 12.2 Å². The maximum Gasteiger partial charge on any atom is 0.305 e. The number of aliphatic carboxylic acids is 1. The van der Waals surface area contributed by atoms with Crippen LogP contribution < -0.4 is 5.32 Å². The van der Waals surface area contributed by atoms with E-state index < -0.39 is 5.97 Å². The van der Waals surface area contributed by atoms with Crippen LogP contribution in [0.25, 0.3) is 0 Å². The second-order valence-corrected chi connectivity index (χ2v) is 5.50. The number of hydrogen-bond acceptors (Lipinski definition) is 3. The van der Waals surface area contributed by atoms with Crippen molar-refractivity contribution in [3.8, 4) is 0 Å². The van der Waals surface area contributed by atoms with E-state index in [4.69, 9.17) is 5.11 Å². The van der Waals surface area contributed by atoms with Crippen LogP contribution in [0.15, 0.2) is 0 Å². The third-order valence-electron chi connectivity index (χ3n) is 4.03. The number of hydrogen-bond donors (Lipinski definition) is 2. The fraction of sp³-hybridized carbons (Fsp3) is 0.857. The summed E-state index contributed by atoms with van der Waals surface area (Å²) in [5.74, 6) is -0.733. The summed E-state index contributed by atoms with van der Waals surface area (Å²) in [4.78, 5) is 25.4. The quantitative estimate of drug-likeness (QED) is 0.735. The Kier molecular flexibility index (Phi) is 5.79. The normalized spacial score (nSPS) is 24.2. The highest BCUT2D eigenvalue weighted by atomic mass is 16.4. The Morgan fingerprint density at radius 2 is 2.11 bits per heavy atom. The van der Waals surface area contributed by atoms with Gasteiger partial charge in [0.15, 0.2) is 0 Å². The first kappa shape index (κ1) is 16.0. The molecule has 0 aromatic carbocycles. The lowest BCUT2D eigenvalue weighted by molar-refractivity contribution is -0.146. The Morgan fingerprint density at radius 3 is 2.53 bits per heavy atom. The van der Waals surface area contributed by atoms with Gasteiger partial charge < -0.3 is 15.3 Å². The Hall–Kier alpha value is -1.10. The molecule has 0 saturated carbocycles. The highest BCUT2D eigenvalue weighted by Crippen LogP contribution is 2.34. The van der Waals surface area contributed by atoms with Crippen LogP contribution in [0.4, 0.5) is 0 Å². The first-order valence-electron chi connectivity index (χ1n) is 7.20. The van der Waals surface area contributed by atoms with Crippen molar-refractivity contribution in [2.24, 2.45) is 5.41 Å². The number of nitrogens with one attached hydrogen (secondary N) is 1. The van der Waals surface area contributed by atoms with Crippen molar-refractivity contribution < 1.29 is 14.7 Å². The zero-order valence-electron chi connectivity index (χ0n) is 12.2. The van der Waals surface area contributed by atoms with Gasteiger partial charge in [-0.2, -0.15) is 0 Å². The zero-order chi connectivity index (χ0) is 14.5. The van der Waals surface area contributed by atoms with Crippen LogP contribution in [0, 0.1) is 5.41 Å². The standard InChI is InChI=1S/C14H26N2O3/c1-4-6-14(7-8-15-10-14)13(19)16(5-2)11(3)9-12(17)18/h11,15H,4-10H2,1-3H3,(H,17,18). The molecule has 2 unspecified atom stereocenters. The van der Waals surface area contributed by atoms with Gasteiger partial charge in [0.25, 0.3) is 0 Å². The van der Waals surface area contributed by atoms with Crippen LogP contribution in [-0.4, -0.2) is 47.6 Å². The van der Waals surface area contributed by atoms with E-state index in [1.54, 1.807) is 4.90 Å². The average molecular weight is 270 g/mol. The molecule has 2 atom stereocenters. The molecule has 5 heteroatoms. The third-order valence-corrected chi connectivity index (χ3v) is 4.03. The number of carbonyl (C=O) groups is 2. The SMILES string of the molecule is CCCC1(C(=O)N(CC)C(C)CC(=O)O)CCNC1. The fourth-order valence-electron chi connectivity index (χ4n) is 3.05. The second kappa shape index (κ2) is 6.89. The number of carboxylic acids is 1. The van der Waals surface area contributed by atoms with Crippen molar-refractivity contribution >= 4 is 11.9 Å². The monoisotopic (exact) mass is 270 g/mol. The zero-order valence-corrected chi connectivity index (χ0v) is 12.2. The molecule has 0 aromatic rings. The molecule has 1 amide bonds. The molecule has 1 rings (SSSR count). The van der Waals surface area contributed by atoms with Gasteiger partial charge in [0, 0.05) is 19.1 Å². The molecule has 1 heterocycles. The van der Waals surface area contributed by atoms with Crippen molar-refractivity contribution in [2.75, 3.05) is 19.6 Å². The number of carbonyl (C=O) groups excluding carboxylic acids is 1. The van der Waals surface area contributed by atoms with Gasteiger partial charge >= 0.3 is 5.97 Å². The molecule has 1 aliphatic rings. The van der Waals surface area contributed by atoms with Gasteiger partial charge in [-0.3, -0.25) is 9.59 Å². The minimum atomic E-state index is -0.854. The van der Waals surface area contributed by atoms with E-state index in [1.807, 2.05) is 13.8 Å². The first-order valence-corrected chi connectivity index (χ1v) is 7.20. The largest absolute Gasteiger partial charge is 0.481 e. The molecule has 1 aliphatic heterocycles. The van der Waals surface area contributed by atoms with E-state index in [0.29, 0.717) is 6.54 Å². The Morgan fingerprint density at radius 1 is 1.42 bits per heavy atom. The lowest BCUT2D eigenvalue weighted by atomic mass is 9.80. The van der Waals surface area contributed by atoms with E-state index in [1.165, 1.54) is 0 Å². The van der Waals surface area contributed by atoms with Gasteiger partial charge in [0.2, 0.25) is 5.91 Å². The Balaban J connectivity index is 2.83. The van der Waals surface area contributed by atoms with Gasteiger partial charge in [-0.15, -0.1) is 0 Å². The van der Waals surface area contributed by atoms with Crippen LogP contribution in [0.1, 0.15) is 46.5 Å². The number of nitrogens with zero attached hydrogens (tertiary/aromatic N) is 1. The molecule has 0 aromatic heterocycles. The van der Waals surface area contributed by atoms with Crippen molar-refractivity contribution in [1.29, 1.82) is 0 Å². The molecule has 110 valence electrons. The summed E-state index contributed by atoms with van der Waals surface area (Å²) in [6.07, 6.45) is 2.71. The maximum atomic E-state index is 12.8. The Labute approximate surface area is 115 Å². The highest BCUT2D eigenvalue weighted by Gasteiger charge is 2.43. The molecule has 5 nitrogen and oxygen atoms in total. The smallest absolute Gasteiger partial charge is 0.305 e. The molecule has 1 saturated heterocycles. The predicted molar refractivity (Wildman–Crippen MR) is 73.9 cm³/mol. The van der Waals surface area contributed by atoms with Crippen molar-refractivity contribution in [1.82, 2.24) is 10.2 Å². The van der Waals surface area contributed by atoms with E-state index in [-0.39, 0.29) is 23.8 Å². The van der Waals surface area contributed by atoms with E-state index >= 15 is 0 Å². The molecule has 2 N–H and O–H groups in total. The molecular weight excluding hydrogens is 244 g/mol. The molecule has 0 aliphatic carbocycles. The molecule has 0 spiro atoms. The summed E-state index contributed by atoms with van der Waals surface area (Å²) in [6, 6.07) is -0.246. The minimum absolute atomic E-state index is 0.00914. The first-order chi connectivity index (χ1) is 8.96. The number of carboxylic acid groups (broad SMARTS) is 1. The lowest BCUT2D eigenvalue weighted by Gasteiger charge is -2.36. The van der Waals surface area contributed by atoms with Crippen molar-refractivity contribution in [2.45, 2.75) is 52.5 Å². The van der Waals surface area contributed by atoms with Gasteiger partial charge in [-0.1, -0.05) is 13.3 Å². The van der Waals surface area contributed by atoms with Gasteiger partial charge in [-0.05, 0) is 33.2 Å². The predicted octanol–water partition coefficient (Wildman–Crippen LogP) is 1.48. The molecule has 0 radical (unpaired) electrons. The van der Waals surface area contributed by atoms with Gasteiger partial charge in [0.1, 0.15) is 0 Å². The molecular formula is C14H26N2O3. The summed E-state index contributed by atoms with van der Waals surface area (Å²) < 4.78 is 0. The minimum Gasteiger partial charge on any atom is -0.481 e. The summed E-state index contributed by atoms with van der Waals surface area (Å²) in [5, 5.41) is 12.2. The number of rotatable bonds is 7. The molecule has 1 fully saturated rings. The third kappa shape index (κ3) is 3.69. The average Bonchev–Trinajstić information content (AvgIpc) is 2.79. The van der Waals surface area contributed by atoms with Gasteiger partial charge in [-0.25, -0.2) is 0 Å². The highest BCUT2D eigenvalue weighted by molar-refractivity contribution is 5.84. The van der Waals surface area contributed by atoms with Crippen LogP contribution in [0.2, 0.25) is 0 Å². The van der Waals surface area contributed by atoms with Crippen LogP contribution in [-0.2, 0) is 9.59 Å². The van der Waals surface area contributed by atoms with Crippen LogP contribution in [0.3, 0.4) is 0 Å². The van der Waals surface area contributed by atoms with Crippen molar-refractivity contribution in [3.63, 3.8) is 0 Å². The molecule has 0 bridgehead atoms.